The Morgan fingerprint density at radius 2 is 1.83 bits per heavy atom. The van der Waals surface area contributed by atoms with Crippen LogP contribution in [0.25, 0.3) is 0 Å². The lowest BCUT2D eigenvalue weighted by Crippen LogP contribution is -2.41. The lowest BCUT2D eigenvalue weighted by molar-refractivity contribution is 0.0999. The molecule has 0 saturated heterocycles. The summed E-state index contributed by atoms with van der Waals surface area (Å²) in [6.07, 6.45) is 3.38. The second-order valence-electron chi connectivity index (χ2n) is 8.37. The van der Waals surface area contributed by atoms with Gasteiger partial charge in [-0.1, -0.05) is 26.8 Å². The van der Waals surface area contributed by atoms with Gasteiger partial charge < -0.3 is 30.7 Å². The molecule has 9 heteroatoms. The Morgan fingerprint density at radius 1 is 1.13 bits per heavy atom. The first-order chi connectivity index (χ1) is 13.9. The standard InChI is InChI=1S/C21H35N3O5Si/c1-21(2,3)30(4,5)29-14-8-13-27-18-15-16(19(22)25)9-10-17(18)24-11-6-7-12-28-20(23)26/h6-7,9-10,15,24H,8,11-14H2,1-5H3,(H2,22,25)(H2,23,26). The van der Waals surface area contributed by atoms with Crippen molar-refractivity contribution in [3.05, 3.63) is 35.9 Å². The molecular formula is C21H35N3O5Si. The van der Waals surface area contributed by atoms with Crippen molar-refractivity contribution in [2.75, 3.05) is 31.7 Å². The number of amides is 2. The Kier molecular flexibility index (Phi) is 9.87. The van der Waals surface area contributed by atoms with Crippen molar-refractivity contribution in [3.63, 3.8) is 0 Å². The molecule has 168 valence electrons. The summed E-state index contributed by atoms with van der Waals surface area (Å²) in [7, 11) is -1.78. The van der Waals surface area contributed by atoms with E-state index in [0.717, 1.165) is 12.1 Å². The molecule has 1 aromatic carbocycles. The molecular weight excluding hydrogens is 402 g/mol. The van der Waals surface area contributed by atoms with Gasteiger partial charge in [0.05, 0.1) is 12.3 Å². The fourth-order valence-corrected chi connectivity index (χ4v) is 3.26. The Balaban J connectivity index is 2.62. The Labute approximate surface area is 180 Å². The molecule has 1 aromatic rings. The topological polar surface area (TPSA) is 126 Å². The summed E-state index contributed by atoms with van der Waals surface area (Å²) in [6.45, 7) is 12.7. The third kappa shape index (κ3) is 8.87. The molecule has 5 N–H and O–H groups in total. The summed E-state index contributed by atoms with van der Waals surface area (Å²) in [5.74, 6) is 0.0246. The predicted molar refractivity (Wildman–Crippen MR) is 121 cm³/mol. The van der Waals surface area contributed by atoms with E-state index in [9.17, 15) is 9.59 Å². The van der Waals surface area contributed by atoms with Crippen LogP contribution in [0.4, 0.5) is 10.5 Å². The molecule has 8 nitrogen and oxygen atoms in total. The Morgan fingerprint density at radius 3 is 2.43 bits per heavy atom. The number of anilines is 1. The third-order valence-corrected chi connectivity index (χ3v) is 9.52. The second-order valence-corrected chi connectivity index (χ2v) is 13.2. The molecule has 0 radical (unpaired) electrons. The average Bonchev–Trinajstić information content (AvgIpc) is 2.63. The zero-order chi connectivity index (χ0) is 22.8. The van der Waals surface area contributed by atoms with E-state index in [1.807, 2.05) is 0 Å². The number of rotatable bonds is 12. The Hall–Kier alpha value is -2.52. The zero-order valence-electron chi connectivity index (χ0n) is 18.6. The van der Waals surface area contributed by atoms with Crippen LogP contribution in [-0.2, 0) is 9.16 Å². The molecule has 0 bridgehead atoms. The highest BCUT2D eigenvalue weighted by molar-refractivity contribution is 6.74. The largest absolute Gasteiger partial charge is 0.491 e. The minimum atomic E-state index is -1.78. The highest BCUT2D eigenvalue weighted by Gasteiger charge is 2.36. The van der Waals surface area contributed by atoms with Crippen LogP contribution in [0.1, 0.15) is 37.6 Å². The lowest BCUT2D eigenvalue weighted by Gasteiger charge is -2.36. The van der Waals surface area contributed by atoms with Crippen LogP contribution < -0.4 is 21.5 Å². The van der Waals surface area contributed by atoms with Crippen LogP contribution in [0.5, 0.6) is 5.75 Å². The Bertz CT molecular complexity index is 745. The van der Waals surface area contributed by atoms with E-state index >= 15 is 0 Å². The summed E-state index contributed by atoms with van der Waals surface area (Å²) < 4.78 is 16.7. The van der Waals surface area contributed by atoms with Crippen LogP contribution in [0.3, 0.4) is 0 Å². The lowest BCUT2D eigenvalue weighted by atomic mass is 10.1. The number of carbonyl (C=O) groups is 2. The fraction of sp³-hybridized carbons (Fsp3) is 0.524. The van der Waals surface area contributed by atoms with Gasteiger partial charge in [-0.25, -0.2) is 4.79 Å². The number of carbonyl (C=O) groups excluding carboxylic acids is 2. The van der Waals surface area contributed by atoms with Gasteiger partial charge in [0.25, 0.3) is 0 Å². The average molecular weight is 438 g/mol. The molecule has 0 saturated carbocycles. The van der Waals surface area contributed by atoms with Gasteiger partial charge in [0.2, 0.25) is 5.91 Å². The second kappa shape index (κ2) is 11.6. The number of primary amides is 2. The number of hydrogen-bond acceptors (Lipinski definition) is 6. The molecule has 0 unspecified atom stereocenters. The van der Waals surface area contributed by atoms with Crippen molar-refractivity contribution in [2.24, 2.45) is 11.5 Å². The van der Waals surface area contributed by atoms with E-state index in [1.54, 1.807) is 30.4 Å². The predicted octanol–water partition coefficient (Wildman–Crippen LogP) is 3.64. The third-order valence-electron chi connectivity index (χ3n) is 4.98. The van der Waals surface area contributed by atoms with Crippen LogP contribution in [0, 0.1) is 0 Å². The molecule has 0 spiro atoms. The van der Waals surface area contributed by atoms with Crippen molar-refractivity contribution in [2.45, 2.75) is 45.3 Å². The van der Waals surface area contributed by atoms with Crippen LogP contribution in [0.2, 0.25) is 18.1 Å². The number of nitrogens with two attached hydrogens (primary N) is 2. The molecule has 0 aliphatic rings. The molecule has 1 rings (SSSR count). The summed E-state index contributed by atoms with van der Waals surface area (Å²) in [4.78, 5) is 22.0. The van der Waals surface area contributed by atoms with Gasteiger partial charge in [-0.05, 0) is 42.4 Å². The molecule has 0 fully saturated rings. The van der Waals surface area contributed by atoms with Crippen molar-refractivity contribution < 1.29 is 23.5 Å². The fourth-order valence-electron chi connectivity index (χ4n) is 2.18. The molecule has 0 aliphatic carbocycles. The summed E-state index contributed by atoms with van der Waals surface area (Å²) in [5.41, 5.74) is 11.4. The summed E-state index contributed by atoms with van der Waals surface area (Å²) in [5, 5.41) is 3.36. The van der Waals surface area contributed by atoms with Gasteiger partial charge in [-0.2, -0.15) is 0 Å². The first-order valence-corrected chi connectivity index (χ1v) is 12.9. The highest BCUT2D eigenvalue weighted by atomic mass is 28.4. The van der Waals surface area contributed by atoms with E-state index < -0.39 is 20.3 Å². The summed E-state index contributed by atoms with van der Waals surface area (Å²) in [6, 6.07) is 5.01. The molecule has 0 aromatic heterocycles. The number of hydrogen-bond donors (Lipinski definition) is 3. The molecule has 0 aliphatic heterocycles. The van der Waals surface area contributed by atoms with Crippen molar-refractivity contribution >= 4 is 26.0 Å². The number of nitrogens with one attached hydrogen (secondary N) is 1. The van der Waals surface area contributed by atoms with E-state index in [0.29, 0.717) is 31.1 Å². The normalized spacial score (nSPS) is 12.0. The molecule has 2 amide bonds. The van der Waals surface area contributed by atoms with Gasteiger partial charge in [0, 0.05) is 25.1 Å². The van der Waals surface area contributed by atoms with Gasteiger partial charge in [-0.3, -0.25) is 4.79 Å². The number of ether oxygens (including phenoxy) is 2. The highest BCUT2D eigenvalue weighted by Crippen LogP contribution is 2.36. The maximum absolute atomic E-state index is 11.5. The maximum atomic E-state index is 11.5. The van der Waals surface area contributed by atoms with E-state index in [2.05, 4.69) is 43.9 Å². The minimum Gasteiger partial charge on any atom is -0.491 e. The quantitative estimate of drug-likeness (QED) is 0.260. The molecule has 30 heavy (non-hydrogen) atoms. The van der Waals surface area contributed by atoms with E-state index in [-0.39, 0.29) is 11.6 Å². The van der Waals surface area contributed by atoms with Crippen molar-refractivity contribution in [1.82, 2.24) is 0 Å². The SMILES string of the molecule is CC(C)(C)[Si](C)(C)OCCCOc1cc(C(N)=O)ccc1NCC=CCOC(N)=O. The smallest absolute Gasteiger partial charge is 0.404 e. The summed E-state index contributed by atoms with van der Waals surface area (Å²) >= 11 is 0. The molecule has 0 heterocycles. The monoisotopic (exact) mass is 437 g/mol. The maximum Gasteiger partial charge on any atom is 0.404 e. The van der Waals surface area contributed by atoms with Crippen LogP contribution >= 0.6 is 0 Å². The van der Waals surface area contributed by atoms with Gasteiger partial charge in [-0.15, -0.1) is 0 Å². The van der Waals surface area contributed by atoms with E-state index in [1.165, 1.54) is 0 Å². The van der Waals surface area contributed by atoms with Gasteiger partial charge >= 0.3 is 6.09 Å². The first-order valence-electron chi connectivity index (χ1n) is 9.96. The van der Waals surface area contributed by atoms with Crippen molar-refractivity contribution in [3.8, 4) is 5.75 Å². The van der Waals surface area contributed by atoms with Crippen molar-refractivity contribution in [1.29, 1.82) is 0 Å². The number of benzene rings is 1. The van der Waals surface area contributed by atoms with Crippen LogP contribution in [0.15, 0.2) is 30.4 Å². The first kappa shape index (κ1) is 25.5. The van der Waals surface area contributed by atoms with Gasteiger partial charge in [0.1, 0.15) is 12.4 Å². The van der Waals surface area contributed by atoms with E-state index in [4.69, 9.17) is 20.6 Å². The van der Waals surface area contributed by atoms with Gasteiger partial charge in [0.15, 0.2) is 8.32 Å². The zero-order valence-corrected chi connectivity index (χ0v) is 19.6. The van der Waals surface area contributed by atoms with Crippen LogP contribution in [-0.4, -0.2) is 46.7 Å². The minimum absolute atomic E-state index is 0.106. The molecule has 0 atom stereocenters.